The number of carbonyl (C=O) groups is 4. The van der Waals surface area contributed by atoms with Crippen molar-refractivity contribution in [3.8, 4) is 5.75 Å². The molecule has 2 saturated heterocycles. The van der Waals surface area contributed by atoms with Gasteiger partial charge in [0, 0.05) is 32.6 Å². The Morgan fingerprint density at radius 2 is 1.84 bits per heavy atom. The van der Waals surface area contributed by atoms with Crippen LogP contribution in [0.2, 0.25) is 0 Å². The maximum Gasteiger partial charge on any atom is 0.262 e. The lowest BCUT2D eigenvalue weighted by atomic mass is 9.91. The first kappa shape index (κ1) is 22.4. The summed E-state index contributed by atoms with van der Waals surface area (Å²) in [6.45, 7) is 3.13. The van der Waals surface area contributed by atoms with E-state index in [0.29, 0.717) is 25.2 Å². The molecule has 4 N–H and O–H groups in total. The minimum Gasteiger partial charge on any atom is -0.494 e. The van der Waals surface area contributed by atoms with Gasteiger partial charge in [-0.25, -0.2) is 0 Å². The molecule has 32 heavy (non-hydrogen) atoms. The van der Waals surface area contributed by atoms with Crippen molar-refractivity contribution < 1.29 is 29.0 Å². The molecular formula is C22H28N4O6. The second-order valence-corrected chi connectivity index (χ2v) is 8.63. The van der Waals surface area contributed by atoms with Gasteiger partial charge in [0.25, 0.3) is 11.8 Å². The van der Waals surface area contributed by atoms with Gasteiger partial charge in [0.05, 0.1) is 23.3 Å². The van der Waals surface area contributed by atoms with Crippen molar-refractivity contribution >= 4 is 23.6 Å². The number of piperidine rings is 2. The van der Waals surface area contributed by atoms with E-state index in [4.69, 9.17) is 10.5 Å². The summed E-state index contributed by atoms with van der Waals surface area (Å²) in [7, 11) is 0. The Bertz CT molecular complexity index is 940. The van der Waals surface area contributed by atoms with E-state index in [2.05, 4.69) is 10.2 Å². The van der Waals surface area contributed by atoms with E-state index < -0.39 is 35.3 Å². The van der Waals surface area contributed by atoms with Crippen LogP contribution in [-0.4, -0.2) is 83.0 Å². The highest BCUT2D eigenvalue weighted by molar-refractivity contribution is 6.23. The lowest BCUT2D eigenvalue weighted by Crippen LogP contribution is -2.54. The van der Waals surface area contributed by atoms with E-state index in [9.17, 15) is 24.3 Å². The molecule has 3 aliphatic rings. The number of ether oxygens (including phenoxy) is 1. The molecule has 10 heteroatoms. The van der Waals surface area contributed by atoms with Crippen molar-refractivity contribution in [3.05, 3.63) is 29.3 Å². The van der Waals surface area contributed by atoms with Gasteiger partial charge < -0.3 is 20.5 Å². The van der Waals surface area contributed by atoms with Gasteiger partial charge in [-0.15, -0.1) is 0 Å². The van der Waals surface area contributed by atoms with Crippen LogP contribution in [0.4, 0.5) is 0 Å². The van der Waals surface area contributed by atoms with Gasteiger partial charge in [-0.1, -0.05) is 0 Å². The van der Waals surface area contributed by atoms with Crippen LogP contribution in [-0.2, 0) is 9.59 Å². The van der Waals surface area contributed by atoms with Crippen LogP contribution in [0.15, 0.2) is 18.2 Å². The first-order valence-corrected chi connectivity index (χ1v) is 10.9. The SMILES string of the molecule is NCC1(O)CCN(CCCOc2ccc3c(c2)C(=O)N(C2CCC(=O)NC2=O)C3=O)CC1. The van der Waals surface area contributed by atoms with Gasteiger partial charge in [0.15, 0.2) is 0 Å². The van der Waals surface area contributed by atoms with Crippen molar-refractivity contribution in [3.63, 3.8) is 0 Å². The Morgan fingerprint density at radius 1 is 1.12 bits per heavy atom. The molecule has 0 bridgehead atoms. The average Bonchev–Trinajstić information content (AvgIpc) is 3.02. The lowest BCUT2D eigenvalue weighted by molar-refractivity contribution is -0.136. The molecule has 1 atom stereocenters. The van der Waals surface area contributed by atoms with Gasteiger partial charge >= 0.3 is 0 Å². The molecule has 3 heterocycles. The third-order valence-corrected chi connectivity index (χ3v) is 6.47. The summed E-state index contributed by atoms with van der Waals surface area (Å²) in [6.07, 6.45) is 2.30. The van der Waals surface area contributed by atoms with Crippen LogP contribution in [0.5, 0.6) is 5.75 Å². The van der Waals surface area contributed by atoms with Gasteiger partial charge in [-0.05, 0) is 43.9 Å². The minimum absolute atomic E-state index is 0.0840. The van der Waals surface area contributed by atoms with Crippen LogP contribution in [0.3, 0.4) is 0 Å². The van der Waals surface area contributed by atoms with Crippen LogP contribution >= 0.6 is 0 Å². The van der Waals surface area contributed by atoms with E-state index >= 15 is 0 Å². The molecule has 10 nitrogen and oxygen atoms in total. The normalized spacial score (nSPS) is 23.3. The first-order chi connectivity index (χ1) is 15.3. The Morgan fingerprint density at radius 3 is 2.53 bits per heavy atom. The Hall–Kier alpha value is -2.82. The molecule has 4 rings (SSSR count). The first-order valence-electron chi connectivity index (χ1n) is 10.9. The summed E-state index contributed by atoms with van der Waals surface area (Å²) in [6, 6.07) is 3.73. The molecule has 1 aromatic rings. The van der Waals surface area contributed by atoms with Crippen molar-refractivity contribution in [2.75, 3.05) is 32.8 Å². The summed E-state index contributed by atoms with van der Waals surface area (Å²) in [5.74, 6) is -1.64. The number of imide groups is 2. The van der Waals surface area contributed by atoms with Crippen LogP contribution < -0.4 is 15.8 Å². The van der Waals surface area contributed by atoms with Gasteiger partial charge in [-0.3, -0.25) is 29.4 Å². The number of benzene rings is 1. The van der Waals surface area contributed by atoms with Crippen LogP contribution in [0.25, 0.3) is 0 Å². The molecule has 0 aromatic heterocycles. The Labute approximate surface area is 185 Å². The number of rotatable bonds is 7. The Kier molecular flexibility index (Phi) is 6.27. The van der Waals surface area contributed by atoms with Gasteiger partial charge in [-0.2, -0.15) is 0 Å². The smallest absolute Gasteiger partial charge is 0.262 e. The second-order valence-electron chi connectivity index (χ2n) is 8.63. The summed E-state index contributed by atoms with van der Waals surface area (Å²) >= 11 is 0. The highest BCUT2D eigenvalue weighted by Gasteiger charge is 2.44. The molecule has 1 aromatic carbocycles. The van der Waals surface area contributed by atoms with E-state index in [1.165, 1.54) is 12.1 Å². The predicted molar refractivity (Wildman–Crippen MR) is 113 cm³/mol. The molecule has 0 radical (unpaired) electrons. The van der Waals surface area contributed by atoms with Gasteiger partial charge in [0.2, 0.25) is 11.8 Å². The standard InChI is InChI=1S/C22H28N4O6/c23-13-22(31)6-9-25(10-7-22)8-1-11-32-14-2-3-15-16(12-14)21(30)26(20(15)29)17-4-5-18(27)24-19(17)28/h2-3,12,17,31H,1,4-11,13,23H2,(H,24,27,28). The number of nitrogens with zero attached hydrogens (tertiary/aromatic N) is 2. The van der Waals surface area contributed by atoms with Crippen molar-refractivity contribution in [2.24, 2.45) is 5.73 Å². The molecule has 0 saturated carbocycles. The maximum atomic E-state index is 12.8. The average molecular weight is 444 g/mol. The third-order valence-electron chi connectivity index (χ3n) is 6.47. The van der Waals surface area contributed by atoms with E-state index in [-0.39, 0.29) is 30.5 Å². The van der Waals surface area contributed by atoms with Crippen molar-refractivity contribution in [1.82, 2.24) is 15.1 Å². The summed E-state index contributed by atoms with van der Waals surface area (Å²) < 4.78 is 5.78. The number of fused-ring (bicyclic) bond motifs is 1. The third kappa shape index (κ3) is 4.38. The monoisotopic (exact) mass is 444 g/mol. The molecule has 1 unspecified atom stereocenters. The number of amides is 4. The summed E-state index contributed by atoms with van der Waals surface area (Å²) in [4.78, 5) is 52.3. The molecule has 2 fully saturated rings. The predicted octanol–water partition coefficient (Wildman–Crippen LogP) is -0.358. The number of carbonyl (C=O) groups excluding carboxylic acids is 4. The quantitative estimate of drug-likeness (QED) is 0.382. The van der Waals surface area contributed by atoms with Crippen LogP contribution in [0, 0.1) is 0 Å². The minimum atomic E-state index is -0.981. The zero-order valence-electron chi connectivity index (χ0n) is 17.8. The topological polar surface area (TPSA) is 142 Å². The maximum absolute atomic E-state index is 12.8. The number of likely N-dealkylation sites (tertiary alicyclic amines) is 1. The molecular weight excluding hydrogens is 416 g/mol. The summed E-state index contributed by atoms with van der Waals surface area (Å²) in [5.41, 5.74) is 5.31. The molecule has 172 valence electrons. The zero-order chi connectivity index (χ0) is 22.9. The van der Waals surface area contributed by atoms with Crippen molar-refractivity contribution in [2.45, 2.75) is 43.7 Å². The number of hydrogen-bond donors (Lipinski definition) is 3. The number of hydrogen-bond acceptors (Lipinski definition) is 8. The Balaban J connectivity index is 1.31. The fourth-order valence-corrected chi connectivity index (χ4v) is 4.42. The molecule has 4 amide bonds. The zero-order valence-corrected chi connectivity index (χ0v) is 17.8. The summed E-state index contributed by atoms with van der Waals surface area (Å²) in [5, 5.41) is 12.4. The van der Waals surface area contributed by atoms with Crippen molar-refractivity contribution in [1.29, 1.82) is 0 Å². The van der Waals surface area contributed by atoms with E-state index in [1.54, 1.807) is 6.07 Å². The fourth-order valence-electron chi connectivity index (χ4n) is 4.42. The number of nitrogens with one attached hydrogen (secondary N) is 1. The molecule has 0 spiro atoms. The molecule has 3 aliphatic heterocycles. The second kappa shape index (κ2) is 8.97. The fraction of sp³-hybridized carbons (Fsp3) is 0.545. The van der Waals surface area contributed by atoms with Crippen LogP contribution in [0.1, 0.15) is 52.8 Å². The lowest BCUT2D eigenvalue weighted by Gasteiger charge is -2.37. The van der Waals surface area contributed by atoms with Gasteiger partial charge in [0.1, 0.15) is 11.8 Å². The highest BCUT2D eigenvalue weighted by Crippen LogP contribution is 2.30. The number of nitrogens with two attached hydrogens (primary N) is 1. The largest absolute Gasteiger partial charge is 0.494 e. The van der Waals surface area contributed by atoms with E-state index in [1.807, 2.05) is 0 Å². The van der Waals surface area contributed by atoms with E-state index in [0.717, 1.165) is 31.0 Å². The number of aliphatic hydroxyl groups is 1. The molecule has 0 aliphatic carbocycles. The highest BCUT2D eigenvalue weighted by atomic mass is 16.5.